The maximum Gasteiger partial charge on any atom is 0.149 e. The summed E-state index contributed by atoms with van der Waals surface area (Å²) in [6.07, 6.45) is 0. The first-order chi connectivity index (χ1) is 14.7. The van der Waals surface area contributed by atoms with E-state index in [1.807, 2.05) is 91.0 Å². The van der Waals surface area contributed by atoms with E-state index >= 15 is 0 Å². The number of hydrogen-bond acceptors (Lipinski definition) is 2. The van der Waals surface area contributed by atoms with Crippen molar-refractivity contribution >= 4 is 23.0 Å². The molecule has 4 rings (SSSR count). The summed E-state index contributed by atoms with van der Waals surface area (Å²) in [5, 5.41) is 0.409. The number of ether oxygens (including phenoxy) is 1. The summed E-state index contributed by atoms with van der Waals surface area (Å²) in [6, 6.07) is 31.7. The molecule has 4 aromatic rings. The monoisotopic (exact) mass is 415 g/mol. The molecule has 0 saturated carbocycles. The molecule has 148 valence electrons. The van der Waals surface area contributed by atoms with Crippen molar-refractivity contribution in [2.45, 2.75) is 6.61 Å². The second kappa shape index (κ2) is 9.38. The van der Waals surface area contributed by atoms with Crippen molar-refractivity contribution in [3.8, 4) is 5.75 Å². The zero-order valence-electron chi connectivity index (χ0n) is 16.1. The largest absolute Gasteiger partial charge is 0.489 e. The van der Waals surface area contributed by atoms with Crippen LogP contribution in [-0.4, -0.2) is 5.71 Å². The minimum Gasteiger partial charge on any atom is -0.489 e. The van der Waals surface area contributed by atoms with Crippen LogP contribution in [0.25, 0.3) is 0 Å². The average Bonchev–Trinajstić information content (AvgIpc) is 2.80. The molecule has 30 heavy (non-hydrogen) atoms. The van der Waals surface area contributed by atoms with Crippen molar-refractivity contribution in [3.05, 3.63) is 131 Å². The second-order valence-electron chi connectivity index (χ2n) is 6.69. The maximum atomic E-state index is 14.9. The number of nitrogens with zero attached hydrogens (tertiary/aromatic N) is 1. The van der Waals surface area contributed by atoms with Crippen molar-refractivity contribution in [3.63, 3.8) is 0 Å². The van der Waals surface area contributed by atoms with Gasteiger partial charge >= 0.3 is 0 Å². The summed E-state index contributed by atoms with van der Waals surface area (Å²) in [5.74, 6) is 0.252. The van der Waals surface area contributed by atoms with Gasteiger partial charge in [-0.15, -0.1) is 0 Å². The number of para-hydroxylation sites is 1. The fourth-order valence-electron chi connectivity index (χ4n) is 3.06. The van der Waals surface area contributed by atoms with Crippen LogP contribution in [0.4, 0.5) is 10.1 Å². The molecule has 4 aromatic carbocycles. The Kier molecular flexibility index (Phi) is 6.21. The summed E-state index contributed by atoms with van der Waals surface area (Å²) in [5.41, 5.74) is 3.23. The molecule has 0 spiro atoms. The minimum atomic E-state index is -0.449. The Morgan fingerprint density at radius 2 is 1.30 bits per heavy atom. The summed E-state index contributed by atoms with van der Waals surface area (Å²) >= 11 is 6.43. The third-order valence-electron chi connectivity index (χ3n) is 4.58. The van der Waals surface area contributed by atoms with Crippen LogP contribution in [-0.2, 0) is 6.61 Å². The van der Waals surface area contributed by atoms with Gasteiger partial charge in [0, 0.05) is 21.7 Å². The molecule has 0 aromatic heterocycles. The van der Waals surface area contributed by atoms with E-state index in [4.69, 9.17) is 16.3 Å². The van der Waals surface area contributed by atoms with Crippen molar-refractivity contribution < 1.29 is 9.13 Å². The van der Waals surface area contributed by atoms with E-state index in [1.54, 1.807) is 6.07 Å². The number of aliphatic imine (C=N–C) groups is 1. The Hall–Kier alpha value is -3.43. The highest BCUT2D eigenvalue weighted by Crippen LogP contribution is 2.29. The number of halogens is 2. The van der Waals surface area contributed by atoms with Gasteiger partial charge in [-0.25, -0.2) is 9.38 Å². The van der Waals surface area contributed by atoms with Crippen LogP contribution in [0, 0.1) is 5.82 Å². The molecule has 0 N–H and O–H groups in total. The third kappa shape index (κ3) is 4.76. The Balaban J connectivity index is 1.68. The third-order valence-corrected chi connectivity index (χ3v) is 4.93. The summed E-state index contributed by atoms with van der Waals surface area (Å²) in [6.45, 7) is 0.175. The molecular weight excluding hydrogens is 397 g/mol. The minimum absolute atomic E-state index is 0.175. The lowest BCUT2D eigenvalue weighted by Gasteiger charge is -2.11. The fraction of sp³-hybridized carbons (Fsp3) is 0.0385. The Labute approximate surface area is 180 Å². The number of hydrogen-bond donors (Lipinski definition) is 0. The van der Waals surface area contributed by atoms with E-state index in [0.29, 0.717) is 22.0 Å². The van der Waals surface area contributed by atoms with Crippen LogP contribution in [0.15, 0.2) is 108 Å². The Bertz CT molecular complexity index is 1100. The molecular formula is C26H19ClFNO. The van der Waals surface area contributed by atoms with E-state index in [2.05, 4.69) is 4.99 Å². The molecule has 4 heteroatoms. The van der Waals surface area contributed by atoms with Crippen LogP contribution in [0.5, 0.6) is 5.75 Å². The molecule has 0 saturated heterocycles. The van der Waals surface area contributed by atoms with E-state index in [0.717, 1.165) is 11.1 Å². The topological polar surface area (TPSA) is 21.6 Å². The van der Waals surface area contributed by atoms with Gasteiger partial charge in [0.05, 0.1) is 5.71 Å². The highest BCUT2D eigenvalue weighted by atomic mass is 35.5. The van der Waals surface area contributed by atoms with Crippen molar-refractivity contribution in [1.82, 2.24) is 0 Å². The second-order valence-corrected chi connectivity index (χ2v) is 7.10. The standard InChI is InChI=1S/C26H19ClFNO/c27-23-17-25(24(28)16-21(23)18-30-22-14-8-3-9-15-22)29-26(19-10-4-1-5-11-19)20-12-6-2-7-13-20/h1-17H,18H2. The van der Waals surface area contributed by atoms with Gasteiger partial charge in [0.25, 0.3) is 0 Å². The van der Waals surface area contributed by atoms with Crippen molar-refractivity contribution in [2.24, 2.45) is 4.99 Å². The normalized spacial score (nSPS) is 10.5. The maximum absolute atomic E-state index is 14.9. The van der Waals surface area contributed by atoms with Gasteiger partial charge in [-0.2, -0.15) is 0 Å². The molecule has 0 bridgehead atoms. The SMILES string of the molecule is Fc1cc(COc2ccccc2)c(Cl)cc1N=C(c1ccccc1)c1ccccc1. The van der Waals surface area contributed by atoms with E-state index in [1.165, 1.54) is 6.07 Å². The van der Waals surface area contributed by atoms with E-state index in [-0.39, 0.29) is 12.3 Å². The highest BCUT2D eigenvalue weighted by Gasteiger charge is 2.12. The first-order valence-corrected chi connectivity index (χ1v) is 9.94. The highest BCUT2D eigenvalue weighted by molar-refractivity contribution is 6.31. The van der Waals surface area contributed by atoms with E-state index in [9.17, 15) is 4.39 Å². The van der Waals surface area contributed by atoms with Crippen LogP contribution in [0.2, 0.25) is 5.02 Å². The molecule has 0 aliphatic heterocycles. The predicted molar refractivity (Wildman–Crippen MR) is 120 cm³/mol. The average molecular weight is 416 g/mol. The van der Waals surface area contributed by atoms with Gasteiger partial charge in [0.15, 0.2) is 0 Å². The van der Waals surface area contributed by atoms with Crippen LogP contribution in [0.3, 0.4) is 0 Å². The number of rotatable bonds is 6. The van der Waals surface area contributed by atoms with Gasteiger partial charge in [0.1, 0.15) is 23.9 Å². The lowest BCUT2D eigenvalue weighted by Crippen LogP contribution is -2.03. The van der Waals surface area contributed by atoms with Gasteiger partial charge in [-0.05, 0) is 24.3 Å². The van der Waals surface area contributed by atoms with Crippen molar-refractivity contribution in [2.75, 3.05) is 0 Å². The zero-order chi connectivity index (χ0) is 20.8. The summed E-state index contributed by atoms with van der Waals surface area (Å²) < 4.78 is 20.6. The molecule has 2 nitrogen and oxygen atoms in total. The molecule has 0 atom stereocenters. The van der Waals surface area contributed by atoms with Gasteiger partial charge in [0.2, 0.25) is 0 Å². The lowest BCUT2D eigenvalue weighted by atomic mass is 10.0. The summed E-state index contributed by atoms with van der Waals surface area (Å²) in [7, 11) is 0. The first kappa shape index (κ1) is 19.9. The van der Waals surface area contributed by atoms with Gasteiger partial charge in [-0.1, -0.05) is 90.5 Å². The van der Waals surface area contributed by atoms with Crippen molar-refractivity contribution in [1.29, 1.82) is 0 Å². The first-order valence-electron chi connectivity index (χ1n) is 9.56. The Morgan fingerprint density at radius 3 is 1.87 bits per heavy atom. The zero-order valence-corrected chi connectivity index (χ0v) is 16.9. The molecule has 0 aliphatic rings. The predicted octanol–water partition coefficient (Wildman–Crippen LogP) is 7.23. The van der Waals surface area contributed by atoms with Gasteiger partial charge in [-0.3, -0.25) is 0 Å². The smallest absolute Gasteiger partial charge is 0.149 e. The molecule has 0 unspecified atom stereocenters. The van der Waals surface area contributed by atoms with Crippen LogP contribution >= 0.6 is 11.6 Å². The molecule has 0 fully saturated rings. The molecule has 0 heterocycles. The van der Waals surface area contributed by atoms with Gasteiger partial charge < -0.3 is 4.74 Å². The molecule has 0 aliphatic carbocycles. The van der Waals surface area contributed by atoms with Crippen LogP contribution in [0.1, 0.15) is 16.7 Å². The van der Waals surface area contributed by atoms with Crippen LogP contribution < -0.4 is 4.74 Å². The quantitative estimate of drug-likeness (QED) is 0.304. The molecule has 0 amide bonds. The fourth-order valence-corrected chi connectivity index (χ4v) is 3.27. The molecule has 0 radical (unpaired) electrons. The summed E-state index contributed by atoms with van der Waals surface area (Å²) in [4.78, 5) is 4.64. The Morgan fingerprint density at radius 1 is 0.767 bits per heavy atom. The lowest BCUT2D eigenvalue weighted by molar-refractivity contribution is 0.305. The van der Waals surface area contributed by atoms with E-state index < -0.39 is 5.82 Å². The number of benzene rings is 4.